The van der Waals surface area contributed by atoms with Crippen molar-refractivity contribution in [1.82, 2.24) is 21.7 Å². The molecule has 142 valence electrons. The van der Waals surface area contributed by atoms with E-state index in [0.717, 1.165) is 0 Å². The van der Waals surface area contributed by atoms with Crippen molar-refractivity contribution in [2.75, 3.05) is 6.61 Å². The number of nitrogens with one attached hydrogen (secondary N) is 4. The molecule has 0 heterocycles. The summed E-state index contributed by atoms with van der Waals surface area (Å²) in [5, 5.41) is 0.494. The van der Waals surface area contributed by atoms with Crippen molar-refractivity contribution in [2.24, 2.45) is 0 Å². The zero-order valence-corrected chi connectivity index (χ0v) is 15.2. The van der Waals surface area contributed by atoms with Gasteiger partial charge in [0, 0.05) is 10.6 Å². The first-order chi connectivity index (χ1) is 13.0. The van der Waals surface area contributed by atoms with Crippen molar-refractivity contribution < 1.29 is 19.1 Å². The molecule has 0 aliphatic heterocycles. The van der Waals surface area contributed by atoms with Crippen molar-refractivity contribution in [2.45, 2.75) is 13.0 Å². The zero-order valence-electron chi connectivity index (χ0n) is 14.5. The van der Waals surface area contributed by atoms with Gasteiger partial charge in [0.2, 0.25) is 0 Å². The van der Waals surface area contributed by atoms with Crippen LogP contribution in [0.5, 0.6) is 0 Å². The van der Waals surface area contributed by atoms with Crippen LogP contribution in [0.1, 0.15) is 28.9 Å². The third kappa shape index (κ3) is 6.28. The highest BCUT2D eigenvalue weighted by molar-refractivity contribution is 6.30. The van der Waals surface area contributed by atoms with Gasteiger partial charge in [-0.2, -0.15) is 0 Å². The second kappa shape index (κ2) is 10.1. The molecule has 3 amide bonds. The highest BCUT2D eigenvalue weighted by Crippen LogP contribution is 2.16. The minimum atomic E-state index is -0.997. The number of hydrazine groups is 2. The van der Waals surface area contributed by atoms with Crippen LogP contribution in [0.15, 0.2) is 54.6 Å². The number of rotatable bonds is 6. The predicted molar refractivity (Wildman–Crippen MR) is 99.5 cm³/mol. The van der Waals surface area contributed by atoms with Crippen LogP contribution in [0, 0.1) is 0 Å². The van der Waals surface area contributed by atoms with Gasteiger partial charge in [0.1, 0.15) is 6.04 Å². The van der Waals surface area contributed by atoms with E-state index in [1.165, 1.54) is 0 Å². The maximum Gasteiger partial charge on any atom is 0.421 e. The van der Waals surface area contributed by atoms with E-state index in [-0.39, 0.29) is 6.61 Å². The summed E-state index contributed by atoms with van der Waals surface area (Å²) in [6.07, 6.45) is -0.738. The lowest BCUT2D eigenvalue weighted by atomic mass is 10.1. The molecule has 0 aromatic heterocycles. The lowest BCUT2D eigenvalue weighted by Crippen LogP contribution is -2.51. The number of amides is 3. The van der Waals surface area contributed by atoms with E-state index in [1.807, 2.05) is 0 Å². The topological polar surface area (TPSA) is 109 Å². The fraction of sp³-hybridized carbons (Fsp3) is 0.167. The molecule has 4 N–H and O–H groups in total. The van der Waals surface area contributed by atoms with Crippen LogP contribution in [-0.2, 0) is 9.53 Å². The summed E-state index contributed by atoms with van der Waals surface area (Å²) in [4.78, 5) is 36.1. The Morgan fingerprint density at radius 2 is 1.63 bits per heavy atom. The number of halogens is 1. The molecule has 0 saturated carbocycles. The predicted octanol–water partition coefficient (Wildman–Crippen LogP) is 2.09. The van der Waals surface area contributed by atoms with E-state index in [4.69, 9.17) is 16.3 Å². The van der Waals surface area contributed by atoms with Gasteiger partial charge in [0.15, 0.2) is 0 Å². The van der Waals surface area contributed by atoms with Crippen LogP contribution in [-0.4, -0.2) is 24.5 Å². The van der Waals surface area contributed by atoms with Crippen molar-refractivity contribution in [3.63, 3.8) is 0 Å². The van der Waals surface area contributed by atoms with Crippen LogP contribution in [0.2, 0.25) is 5.02 Å². The molecule has 2 aromatic carbocycles. The van der Waals surface area contributed by atoms with E-state index in [9.17, 15) is 14.4 Å². The zero-order chi connectivity index (χ0) is 19.6. The quantitative estimate of drug-likeness (QED) is 0.565. The summed E-state index contributed by atoms with van der Waals surface area (Å²) in [5.41, 5.74) is 10.4. The molecular formula is C18H19ClN4O4. The Kier molecular flexibility index (Phi) is 7.60. The lowest BCUT2D eigenvalue weighted by Gasteiger charge is -2.19. The van der Waals surface area contributed by atoms with Gasteiger partial charge in [-0.3, -0.25) is 25.9 Å². The Labute approximate surface area is 161 Å². The highest BCUT2D eigenvalue weighted by atomic mass is 35.5. The first-order valence-electron chi connectivity index (χ1n) is 8.10. The summed E-state index contributed by atoms with van der Waals surface area (Å²) in [5.74, 6) is -1.07. The van der Waals surface area contributed by atoms with Crippen LogP contribution in [0.3, 0.4) is 0 Å². The summed E-state index contributed by atoms with van der Waals surface area (Å²) in [7, 11) is 0. The molecule has 1 unspecified atom stereocenters. The number of benzene rings is 2. The van der Waals surface area contributed by atoms with Crippen LogP contribution < -0.4 is 21.7 Å². The lowest BCUT2D eigenvalue weighted by molar-refractivity contribution is -0.124. The molecule has 0 aliphatic rings. The normalized spacial score (nSPS) is 11.2. The van der Waals surface area contributed by atoms with E-state index < -0.39 is 23.9 Å². The van der Waals surface area contributed by atoms with Gasteiger partial charge >= 0.3 is 6.09 Å². The largest absolute Gasteiger partial charge is 0.449 e. The van der Waals surface area contributed by atoms with Gasteiger partial charge in [0.25, 0.3) is 11.8 Å². The van der Waals surface area contributed by atoms with Gasteiger partial charge in [-0.25, -0.2) is 10.2 Å². The third-order valence-corrected chi connectivity index (χ3v) is 3.65. The summed E-state index contributed by atoms with van der Waals surface area (Å²) in [6, 6.07) is 13.8. The third-order valence-electron chi connectivity index (χ3n) is 3.39. The average molecular weight is 391 g/mol. The fourth-order valence-corrected chi connectivity index (χ4v) is 2.23. The Bertz CT molecular complexity index is 784. The second-order valence-electron chi connectivity index (χ2n) is 5.28. The molecule has 0 saturated heterocycles. The van der Waals surface area contributed by atoms with E-state index in [1.54, 1.807) is 61.5 Å². The number of ether oxygens (including phenoxy) is 1. The molecule has 0 aliphatic carbocycles. The molecule has 27 heavy (non-hydrogen) atoms. The average Bonchev–Trinajstić information content (AvgIpc) is 2.68. The Morgan fingerprint density at radius 1 is 0.963 bits per heavy atom. The molecule has 8 nitrogen and oxygen atoms in total. The van der Waals surface area contributed by atoms with Crippen LogP contribution in [0.4, 0.5) is 4.79 Å². The van der Waals surface area contributed by atoms with E-state index in [0.29, 0.717) is 16.1 Å². The molecular weight excluding hydrogens is 372 g/mol. The maximum absolute atomic E-state index is 12.5. The molecule has 0 spiro atoms. The van der Waals surface area contributed by atoms with Gasteiger partial charge < -0.3 is 4.74 Å². The summed E-state index contributed by atoms with van der Waals surface area (Å²) in [6.45, 7) is 1.83. The highest BCUT2D eigenvalue weighted by Gasteiger charge is 2.22. The van der Waals surface area contributed by atoms with Crippen molar-refractivity contribution in [3.05, 3.63) is 70.7 Å². The van der Waals surface area contributed by atoms with Crippen molar-refractivity contribution in [3.8, 4) is 0 Å². The minimum absolute atomic E-state index is 0.179. The first kappa shape index (κ1) is 20.2. The second-order valence-corrected chi connectivity index (χ2v) is 5.72. The van der Waals surface area contributed by atoms with Gasteiger partial charge in [0.05, 0.1) is 6.61 Å². The minimum Gasteiger partial charge on any atom is -0.449 e. The summed E-state index contributed by atoms with van der Waals surface area (Å²) >= 11 is 5.87. The molecule has 0 fully saturated rings. The first-order valence-corrected chi connectivity index (χ1v) is 8.48. The molecule has 9 heteroatoms. The number of hydrogen-bond donors (Lipinski definition) is 4. The Hall–Kier alpha value is -3.10. The SMILES string of the molecule is CCOC(=O)NNC(C(=O)NNC(=O)c1ccccc1)c1ccc(Cl)cc1. The van der Waals surface area contributed by atoms with Gasteiger partial charge in [-0.1, -0.05) is 41.9 Å². The Balaban J connectivity index is 2.04. The maximum atomic E-state index is 12.5. The van der Waals surface area contributed by atoms with E-state index in [2.05, 4.69) is 21.7 Å². The monoisotopic (exact) mass is 390 g/mol. The van der Waals surface area contributed by atoms with Crippen molar-refractivity contribution in [1.29, 1.82) is 0 Å². The van der Waals surface area contributed by atoms with E-state index >= 15 is 0 Å². The molecule has 0 radical (unpaired) electrons. The fourth-order valence-electron chi connectivity index (χ4n) is 2.11. The Morgan fingerprint density at radius 3 is 2.26 bits per heavy atom. The van der Waals surface area contributed by atoms with Crippen molar-refractivity contribution >= 4 is 29.5 Å². The number of carbonyl (C=O) groups is 3. The summed E-state index contributed by atoms with van der Waals surface area (Å²) < 4.78 is 4.75. The standard InChI is InChI=1S/C18H19ClN4O4/c1-2-27-18(26)23-20-15(12-8-10-14(19)11-9-12)17(25)22-21-16(24)13-6-4-3-5-7-13/h3-11,15,20H,2H2,1H3,(H,21,24)(H,22,25)(H,23,26). The molecule has 2 rings (SSSR count). The molecule has 0 bridgehead atoms. The van der Waals surface area contributed by atoms with Gasteiger partial charge in [-0.15, -0.1) is 0 Å². The van der Waals surface area contributed by atoms with Gasteiger partial charge in [-0.05, 0) is 36.8 Å². The van der Waals surface area contributed by atoms with Crippen LogP contribution in [0.25, 0.3) is 0 Å². The molecule has 1 atom stereocenters. The smallest absolute Gasteiger partial charge is 0.421 e. The molecule has 2 aromatic rings. The number of hydrogen-bond acceptors (Lipinski definition) is 5. The number of carbonyl (C=O) groups excluding carboxylic acids is 3. The van der Waals surface area contributed by atoms with Crippen LogP contribution >= 0.6 is 11.6 Å².